The molecule has 1 aromatic rings. The molecule has 0 aromatic heterocycles. The molecular weight excluding hydrogens is 389 g/mol. The minimum Gasteiger partial charge on any atom is -0.373 e. The zero-order valence-electron chi connectivity index (χ0n) is 13.5. The summed E-state index contributed by atoms with van der Waals surface area (Å²) in [5.74, 6) is 0.945. The van der Waals surface area contributed by atoms with Crippen LogP contribution in [0.3, 0.4) is 0 Å². The summed E-state index contributed by atoms with van der Waals surface area (Å²) in [6.07, 6.45) is 3.41. The zero-order chi connectivity index (χ0) is 15.1. The zero-order valence-corrected chi connectivity index (χ0v) is 15.8. The Morgan fingerprint density at radius 1 is 1.41 bits per heavy atom. The fourth-order valence-electron chi connectivity index (χ4n) is 2.66. The molecule has 3 unspecified atom stereocenters. The molecular formula is C17H28IN3O. The highest BCUT2D eigenvalue weighted by Crippen LogP contribution is 2.33. The van der Waals surface area contributed by atoms with Gasteiger partial charge in [0.2, 0.25) is 0 Å². The van der Waals surface area contributed by atoms with Crippen molar-refractivity contribution in [3.8, 4) is 0 Å². The number of rotatable bonds is 5. The summed E-state index contributed by atoms with van der Waals surface area (Å²) in [6, 6.07) is 10.8. The molecule has 22 heavy (non-hydrogen) atoms. The van der Waals surface area contributed by atoms with Crippen LogP contribution in [0, 0.1) is 5.92 Å². The predicted molar refractivity (Wildman–Crippen MR) is 103 cm³/mol. The first kappa shape index (κ1) is 19.2. The van der Waals surface area contributed by atoms with Gasteiger partial charge in [-0.2, -0.15) is 0 Å². The molecule has 3 N–H and O–H groups in total. The number of halogens is 1. The molecule has 1 aliphatic rings. The average molecular weight is 417 g/mol. The standard InChI is InChI=1S/C17H27N3O.HI/c1-3-13(2)20-17(18)19-12-15-10-7-11-21-16(15)14-8-5-4-6-9-14;/h4-6,8-9,13,15-16H,3,7,10-12H2,1-2H3,(H3,18,19,20);1H. The van der Waals surface area contributed by atoms with E-state index < -0.39 is 0 Å². The monoisotopic (exact) mass is 417 g/mol. The van der Waals surface area contributed by atoms with Crippen molar-refractivity contribution in [3.05, 3.63) is 35.9 Å². The van der Waals surface area contributed by atoms with Crippen molar-refractivity contribution < 1.29 is 4.74 Å². The third-order valence-corrected chi connectivity index (χ3v) is 4.08. The van der Waals surface area contributed by atoms with Crippen LogP contribution in [0.1, 0.15) is 44.8 Å². The first-order valence-corrected chi connectivity index (χ1v) is 7.93. The van der Waals surface area contributed by atoms with Crippen LogP contribution in [-0.4, -0.2) is 25.2 Å². The van der Waals surface area contributed by atoms with Crippen LogP contribution in [0.25, 0.3) is 0 Å². The van der Waals surface area contributed by atoms with Crippen LogP contribution < -0.4 is 11.1 Å². The summed E-state index contributed by atoms with van der Waals surface area (Å²) in [5.41, 5.74) is 7.19. The molecule has 3 atom stereocenters. The summed E-state index contributed by atoms with van der Waals surface area (Å²) in [5, 5.41) is 3.21. The SMILES string of the molecule is CCC(C)NC(N)=NCC1CCCOC1c1ccccc1.I. The summed E-state index contributed by atoms with van der Waals surface area (Å²) in [7, 11) is 0. The molecule has 0 saturated carbocycles. The van der Waals surface area contributed by atoms with Gasteiger partial charge in [0.25, 0.3) is 0 Å². The van der Waals surface area contributed by atoms with E-state index >= 15 is 0 Å². The molecule has 2 rings (SSSR count). The number of guanidine groups is 1. The molecule has 0 bridgehead atoms. The quantitative estimate of drug-likeness (QED) is 0.438. The summed E-state index contributed by atoms with van der Waals surface area (Å²) in [4.78, 5) is 4.51. The Bertz CT molecular complexity index is 452. The second-order valence-corrected chi connectivity index (χ2v) is 5.78. The molecule has 0 amide bonds. The minimum atomic E-state index is 0. The topological polar surface area (TPSA) is 59.6 Å². The molecule has 1 aliphatic heterocycles. The Morgan fingerprint density at radius 3 is 2.82 bits per heavy atom. The molecule has 5 heteroatoms. The van der Waals surface area contributed by atoms with E-state index in [1.165, 1.54) is 5.56 Å². The van der Waals surface area contributed by atoms with E-state index in [0.29, 0.717) is 17.9 Å². The first-order valence-electron chi connectivity index (χ1n) is 7.93. The largest absolute Gasteiger partial charge is 0.373 e. The fourth-order valence-corrected chi connectivity index (χ4v) is 2.66. The number of nitrogens with one attached hydrogen (secondary N) is 1. The van der Waals surface area contributed by atoms with Gasteiger partial charge < -0.3 is 15.8 Å². The Hall–Kier alpha value is -0.820. The number of benzene rings is 1. The van der Waals surface area contributed by atoms with Crippen LogP contribution in [-0.2, 0) is 4.74 Å². The number of nitrogens with zero attached hydrogens (tertiary/aromatic N) is 1. The fraction of sp³-hybridized carbons (Fsp3) is 0.588. The Kier molecular flexibility index (Phi) is 8.78. The Labute approximate surface area is 150 Å². The van der Waals surface area contributed by atoms with Gasteiger partial charge in [0.05, 0.1) is 6.10 Å². The number of hydrogen-bond acceptors (Lipinski definition) is 2. The van der Waals surface area contributed by atoms with Crippen molar-refractivity contribution in [2.24, 2.45) is 16.6 Å². The van der Waals surface area contributed by atoms with E-state index in [4.69, 9.17) is 10.5 Å². The molecule has 0 aliphatic carbocycles. The van der Waals surface area contributed by atoms with Gasteiger partial charge in [-0.05, 0) is 31.7 Å². The highest BCUT2D eigenvalue weighted by Gasteiger charge is 2.27. The maximum atomic E-state index is 5.98. The smallest absolute Gasteiger partial charge is 0.188 e. The van der Waals surface area contributed by atoms with Gasteiger partial charge in [-0.15, -0.1) is 24.0 Å². The van der Waals surface area contributed by atoms with Crippen LogP contribution in [0.5, 0.6) is 0 Å². The lowest BCUT2D eigenvalue weighted by atomic mass is 9.89. The summed E-state index contributed by atoms with van der Waals surface area (Å²) in [6.45, 7) is 5.79. The van der Waals surface area contributed by atoms with Crippen molar-refractivity contribution in [1.29, 1.82) is 0 Å². The van der Waals surface area contributed by atoms with Gasteiger partial charge >= 0.3 is 0 Å². The van der Waals surface area contributed by atoms with Gasteiger partial charge in [-0.3, -0.25) is 4.99 Å². The molecule has 0 radical (unpaired) electrons. The highest BCUT2D eigenvalue weighted by atomic mass is 127. The number of hydrogen-bond donors (Lipinski definition) is 2. The molecule has 0 spiro atoms. The second-order valence-electron chi connectivity index (χ2n) is 5.78. The van der Waals surface area contributed by atoms with Crippen molar-refractivity contribution in [3.63, 3.8) is 0 Å². The number of ether oxygens (including phenoxy) is 1. The Morgan fingerprint density at radius 2 is 2.14 bits per heavy atom. The summed E-state index contributed by atoms with van der Waals surface area (Å²) >= 11 is 0. The minimum absolute atomic E-state index is 0. The Balaban J connectivity index is 0.00000242. The van der Waals surface area contributed by atoms with E-state index in [-0.39, 0.29) is 30.1 Å². The predicted octanol–water partition coefficient (Wildman–Crippen LogP) is 3.48. The maximum Gasteiger partial charge on any atom is 0.188 e. The first-order chi connectivity index (χ1) is 10.2. The van der Waals surface area contributed by atoms with Crippen molar-refractivity contribution in [2.75, 3.05) is 13.2 Å². The van der Waals surface area contributed by atoms with Crippen LogP contribution >= 0.6 is 24.0 Å². The van der Waals surface area contributed by atoms with Gasteiger partial charge in [-0.1, -0.05) is 37.3 Å². The number of aliphatic imine (C=N–C) groups is 1. The molecule has 1 saturated heterocycles. The van der Waals surface area contributed by atoms with Crippen LogP contribution in [0.15, 0.2) is 35.3 Å². The maximum absolute atomic E-state index is 5.98. The molecule has 1 heterocycles. The van der Waals surface area contributed by atoms with E-state index in [9.17, 15) is 0 Å². The molecule has 1 aromatic carbocycles. The van der Waals surface area contributed by atoms with E-state index in [1.54, 1.807) is 0 Å². The van der Waals surface area contributed by atoms with Crippen LogP contribution in [0.2, 0.25) is 0 Å². The van der Waals surface area contributed by atoms with Gasteiger partial charge in [0, 0.05) is 25.1 Å². The average Bonchev–Trinajstić information content (AvgIpc) is 2.54. The van der Waals surface area contributed by atoms with Crippen molar-refractivity contribution in [1.82, 2.24) is 5.32 Å². The third kappa shape index (κ3) is 5.76. The lowest BCUT2D eigenvalue weighted by Gasteiger charge is -2.31. The van der Waals surface area contributed by atoms with E-state index in [2.05, 4.69) is 48.4 Å². The third-order valence-electron chi connectivity index (χ3n) is 4.08. The van der Waals surface area contributed by atoms with Crippen LogP contribution in [0.4, 0.5) is 0 Å². The molecule has 124 valence electrons. The highest BCUT2D eigenvalue weighted by molar-refractivity contribution is 14.0. The van der Waals surface area contributed by atoms with E-state index in [0.717, 1.165) is 32.4 Å². The van der Waals surface area contributed by atoms with Gasteiger partial charge in [0.15, 0.2) is 5.96 Å². The lowest BCUT2D eigenvalue weighted by Crippen LogP contribution is -2.38. The second kappa shape index (κ2) is 10.0. The van der Waals surface area contributed by atoms with Crippen molar-refractivity contribution >= 4 is 29.9 Å². The van der Waals surface area contributed by atoms with Gasteiger partial charge in [0.1, 0.15) is 0 Å². The van der Waals surface area contributed by atoms with Gasteiger partial charge in [-0.25, -0.2) is 0 Å². The number of nitrogens with two attached hydrogens (primary N) is 1. The molecule has 1 fully saturated rings. The van der Waals surface area contributed by atoms with Crippen molar-refractivity contribution in [2.45, 2.75) is 45.3 Å². The molecule has 4 nitrogen and oxygen atoms in total. The van der Waals surface area contributed by atoms with E-state index in [1.807, 2.05) is 6.07 Å². The summed E-state index contributed by atoms with van der Waals surface area (Å²) < 4.78 is 5.98. The lowest BCUT2D eigenvalue weighted by molar-refractivity contribution is -0.0250. The normalized spacial score (nSPS) is 23.5.